The summed E-state index contributed by atoms with van der Waals surface area (Å²) >= 11 is 2.86. The summed E-state index contributed by atoms with van der Waals surface area (Å²) in [6.45, 7) is 4.01. The summed E-state index contributed by atoms with van der Waals surface area (Å²) in [4.78, 5) is 10.8. The molecule has 0 aliphatic carbocycles. The SMILES string of the molecule is C=CCOc1ccc(C(=O)Br)cc1. The van der Waals surface area contributed by atoms with Crippen LogP contribution in [0, 0.1) is 0 Å². The van der Waals surface area contributed by atoms with Crippen LogP contribution in [0.4, 0.5) is 0 Å². The minimum Gasteiger partial charge on any atom is -0.490 e. The van der Waals surface area contributed by atoms with Gasteiger partial charge in [0.15, 0.2) is 0 Å². The number of ether oxygens (including phenoxy) is 1. The molecule has 1 rings (SSSR count). The van der Waals surface area contributed by atoms with Crippen LogP contribution >= 0.6 is 15.9 Å². The molecular formula is C10H9BrO2. The van der Waals surface area contributed by atoms with Gasteiger partial charge in [0.2, 0.25) is 4.69 Å². The lowest BCUT2D eigenvalue weighted by Crippen LogP contribution is -1.93. The smallest absolute Gasteiger partial charge is 0.228 e. The molecule has 0 atom stereocenters. The van der Waals surface area contributed by atoms with Gasteiger partial charge in [-0.15, -0.1) is 0 Å². The second-order valence-corrected chi connectivity index (χ2v) is 3.12. The summed E-state index contributed by atoms with van der Waals surface area (Å²) in [5.74, 6) is 0.734. The lowest BCUT2D eigenvalue weighted by atomic mass is 10.2. The van der Waals surface area contributed by atoms with E-state index in [2.05, 4.69) is 22.5 Å². The Hall–Kier alpha value is -1.09. The zero-order valence-corrected chi connectivity index (χ0v) is 8.58. The minimum absolute atomic E-state index is 0.122. The quantitative estimate of drug-likeness (QED) is 0.598. The molecule has 0 N–H and O–H groups in total. The first-order valence-corrected chi connectivity index (χ1v) is 4.57. The fourth-order valence-corrected chi connectivity index (χ4v) is 1.10. The molecule has 0 spiro atoms. The number of carbonyl (C=O) groups is 1. The molecule has 0 fully saturated rings. The summed E-state index contributed by atoms with van der Waals surface area (Å²) in [6.07, 6.45) is 1.67. The fourth-order valence-electron chi connectivity index (χ4n) is 0.837. The summed E-state index contributed by atoms with van der Waals surface area (Å²) < 4.78 is 5.12. The van der Waals surface area contributed by atoms with Gasteiger partial charge in [0.1, 0.15) is 12.4 Å². The van der Waals surface area contributed by atoms with Crippen molar-refractivity contribution in [1.29, 1.82) is 0 Å². The zero-order chi connectivity index (χ0) is 9.68. The normalized spacial score (nSPS) is 9.31. The second kappa shape index (κ2) is 4.82. The number of benzene rings is 1. The van der Waals surface area contributed by atoms with Crippen molar-refractivity contribution in [2.75, 3.05) is 6.61 Å². The Morgan fingerprint density at radius 1 is 1.46 bits per heavy atom. The molecule has 0 heterocycles. The highest BCUT2D eigenvalue weighted by Crippen LogP contribution is 2.13. The standard InChI is InChI=1S/C10H9BrO2/c1-2-7-13-9-5-3-8(4-6-9)10(11)12/h2-6H,1,7H2. The van der Waals surface area contributed by atoms with E-state index in [0.717, 1.165) is 5.75 Å². The van der Waals surface area contributed by atoms with Crippen LogP contribution < -0.4 is 4.74 Å². The number of hydrogen-bond donors (Lipinski definition) is 0. The Labute approximate surface area is 85.3 Å². The molecule has 68 valence electrons. The fraction of sp³-hybridized carbons (Fsp3) is 0.100. The Morgan fingerprint density at radius 3 is 2.54 bits per heavy atom. The summed E-state index contributed by atoms with van der Waals surface area (Å²) in [7, 11) is 0. The molecule has 2 nitrogen and oxygen atoms in total. The Balaban J connectivity index is 2.69. The maximum atomic E-state index is 10.8. The van der Waals surface area contributed by atoms with Crippen molar-refractivity contribution in [3.05, 3.63) is 42.5 Å². The number of rotatable bonds is 4. The van der Waals surface area contributed by atoms with Crippen LogP contribution in [0.3, 0.4) is 0 Å². The van der Waals surface area contributed by atoms with Crippen LogP contribution in [0.1, 0.15) is 10.4 Å². The molecule has 0 aromatic heterocycles. The molecule has 0 unspecified atom stereocenters. The summed E-state index contributed by atoms with van der Waals surface area (Å²) in [5, 5.41) is 0. The van der Waals surface area contributed by atoms with Gasteiger partial charge in [-0.2, -0.15) is 0 Å². The molecule has 1 aromatic rings. The first-order valence-electron chi connectivity index (χ1n) is 3.77. The van der Waals surface area contributed by atoms with Crippen molar-refractivity contribution < 1.29 is 9.53 Å². The highest BCUT2D eigenvalue weighted by atomic mass is 79.9. The van der Waals surface area contributed by atoms with Gasteiger partial charge < -0.3 is 4.74 Å². The first kappa shape index (κ1) is 9.99. The van der Waals surface area contributed by atoms with E-state index in [0.29, 0.717) is 12.2 Å². The van der Waals surface area contributed by atoms with Crippen LogP contribution in [-0.2, 0) is 0 Å². The van der Waals surface area contributed by atoms with Gasteiger partial charge in [-0.05, 0) is 40.2 Å². The average Bonchev–Trinajstić information content (AvgIpc) is 2.15. The third-order valence-electron chi connectivity index (χ3n) is 1.45. The molecule has 3 heteroatoms. The maximum absolute atomic E-state index is 10.8. The molecule has 0 amide bonds. The van der Waals surface area contributed by atoms with Crippen LogP contribution in [0.5, 0.6) is 5.75 Å². The van der Waals surface area contributed by atoms with E-state index < -0.39 is 0 Å². The third-order valence-corrected chi connectivity index (χ3v) is 1.91. The largest absolute Gasteiger partial charge is 0.490 e. The highest BCUT2D eigenvalue weighted by Gasteiger charge is 1.99. The molecule has 0 radical (unpaired) electrons. The van der Waals surface area contributed by atoms with E-state index >= 15 is 0 Å². The lowest BCUT2D eigenvalue weighted by molar-refractivity contribution is 0.109. The molecule has 13 heavy (non-hydrogen) atoms. The first-order chi connectivity index (χ1) is 6.24. The van der Waals surface area contributed by atoms with E-state index in [9.17, 15) is 4.79 Å². The van der Waals surface area contributed by atoms with Gasteiger partial charge in [-0.3, -0.25) is 4.79 Å². The third kappa shape index (κ3) is 3.03. The summed E-state index contributed by atoms with van der Waals surface area (Å²) in [6, 6.07) is 6.90. The maximum Gasteiger partial charge on any atom is 0.228 e. The van der Waals surface area contributed by atoms with Crippen LogP contribution in [0.25, 0.3) is 0 Å². The topological polar surface area (TPSA) is 26.3 Å². The molecule has 1 aromatic carbocycles. The predicted octanol–water partition coefficient (Wildman–Crippen LogP) is 2.79. The number of carbonyl (C=O) groups excluding carboxylic acids is 1. The van der Waals surface area contributed by atoms with E-state index in [4.69, 9.17) is 4.74 Å². The predicted molar refractivity (Wildman–Crippen MR) is 55.4 cm³/mol. The van der Waals surface area contributed by atoms with Gasteiger partial charge in [0, 0.05) is 5.56 Å². The Bertz CT molecular complexity index is 303. The van der Waals surface area contributed by atoms with Crippen molar-refractivity contribution >= 4 is 20.6 Å². The lowest BCUT2D eigenvalue weighted by Gasteiger charge is -2.02. The Kier molecular flexibility index (Phi) is 3.71. The molecule has 0 saturated heterocycles. The Morgan fingerprint density at radius 2 is 2.08 bits per heavy atom. The van der Waals surface area contributed by atoms with Gasteiger partial charge in [0.05, 0.1) is 0 Å². The minimum atomic E-state index is -0.122. The monoisotopic (exact) mass is 240 g/mol. The molecule has 0 aliphatic heterocycles. The average molecular weight is 241 g/mol. The second-order valence-electron chi connectivity index (χ2n) is 2.40. The molecular weight excluding hydrogens is 232 g/mol. The molecule has 0 bridgehead atoms. The van der Waals surface area contributed by atoms with Crippen molar-refractivity contribution in [3.63, 3.8) is 0 Å². The molecule has 0 saturated carbocycles. The van der Waals surface area contributed by atoms with E-state index in [1.807, 2.05) is 0 Å². The highest BCUT2D eigenvalue weighted by molar-refractivity contribution is 9.18. The zero-order valence-electron chi connectivity index (χ0n) is 7.00. The summed E-state index contributed by atoms with van der Waals surface area (Å²) in [5.41, 5.74) is 0.617. The number of halogens is 1. The van der Waals surface area contributed by atoms with Gasteiger partial charge in [-0.25, -0.2) is 0 Å². The van der Waals surface area contributed by atoms with Crippen LogP contribution in [0.2, 0.25) is 0 Å². The van der Waals surface area contributed by atoms with E-state index in [1.54, 1.807) is 30.3 Å². The van der Waals surface area contributed by atoms with Gasteiger partial charge in [0.25, 0.3) is 0 Å². The van der Waals surface area contributed by atoms with E-state index in [1.165, 1.54) is 0 Å². The van der Waals surface area contributed by atoms with Gasteiger partial charge >= 0.3 is 0 Å². The molecule has 0 aliphatic rings. The van der Waals surface area contributed by atoms with Crippen LogP contribution in [-0.4, -0.2) is 11.3 Å². The van der Waals surface area contributed by atoms with Crippen molar-refractivity contribution in [2.45, 2.75) is 0 Å². The van der Waals surface area contributed by atoms with Crippen molar-refractivity contribution in [3.8, 4) is 5.75 Å². The van der Waals surface area contributed by atoms with Crippen molar-refractivity contribution in [1.82, 2.24) is 0 Å². The van der Waals surface area contributed by atoms with Crippen molar-refractivity contribution in [2.24, 2.45) is 0 Å². The van der Waals surface area contributed by atoms with Gasteiger partial charge in [-0.1, -0.05) is 12.7 Å². The van der Waals surface area contributed by atoms with E-state index in [-0.39, 0.29) is 4.69 Å². The van der Waals surface area contributed by atoms with Crippen LogP contribution in [0.15, 0.2) is 36.9 Å². The number of hydrogen-bond acceptors (Lipinski definition) is 2.